The molecule has 0 saturated heterocycles. The first kappa shape index (κ1) is 18.7. The van der Waals surface area contributed by atoms with Crippen LogP contribution < -0.4 is 10.6 Å². The van der Waals surface area contributed by atoms with Gasteiger partial charge in [0, 0.05) is 27.7 Å². The van der Waals surface area contributed by atoms with Crippen molar-refractivity contribution in [3.63, 3.8) is 0 Å². The summed E-state index contributed by atoms with van der Waals surface area (Å²) in [5.41, 5.74) is 4.10. The molecule has 0 spiro atoms. The molecule has 3 aromatic rings. The quantitative estimate of drug-likeness (QED) is 0.709. The van der Waals surface area contributed by atoms with Crippen LogP contribution in [0.4, 0.5) is 5.69 Å². The summed E-state index contributed by atoms with van der Waals surface area (Å²) in [7, 11) is 0. The summed E-state index contributed by atoms with van der Waals surface area (Å²) in [6.45, 7) is 3.84. The van der Waals surface area contributed by atoms with Crippen LogP contribution in [0, 0.1) is 13.8 Å². The van der Waals surface area contributed by atoms with Gasteiger partial charge in [-0.25, -0.2) is 4.98 Å². The average Bonchev–Trinajstić information content (AvgIpc) is 3.00. The number of nitrogens with one attached hydrogen (secondary N) is 2. The third-order valence-corrected chi connectivity index (χ3v) is 4.45. The summed E-state index contributed by atoms with van der Waals surface area (Å²) in [6.07, 6.45) is 1.77. The molecule has 0 unspecified atom stereocenters. The highest BCUT2D eigenvalue weighted by Crippen LogP contribution is 2.16. The summed E-state index contributed by atoms with van der Waals surface area (Å²) in [5.74, 6) is -0.636. The van der Waals surface area contributed by atoms with Crippen LogP contribution in [-0.2, 0) is 4.79 Å². The monoisotopic (exact) mass is 382 g/mol. The van der Waals surface area contributed by atoms with Gasteiger partial charge in [0.05, 0.1) is 18.6 Å². The smallest absolute Gasteiger partial charge is 0.251 e. The molecule has 0 saturated carbocycles. The molecule has 0 aliphatic rings. The van der Waals surface area contributed by atoms with Gasteiger partial charge < -0.3 is 15.2 Å². The van der Waals surface area contributed by atoms with Crippen LogP contribution in [-0.4, -0.2) is 27.9 Å². The molecule has 138 valence electrons. The summed E-state index contributed by atoms with van der Waals surface area (Å²) < 4.78 is 1.98. The number of aromatic nitrogens is 2. The Morgan fingerprint density at radius 3 is 2.30 bits per heavy atom. The van der Waals surface area contributed by atoms with E-state index in [1.54, 1.807) is 30.6 Å². The first-order chi connectivity index (χ1) is 12.9. The lowest BCUT2D eigenvalue weighted by Gasteiger charge is -2.09. The number of rotatable bonds is 5. The molecule has 0 radical (unpaired) electrons. The fraction of sp³-hybridized carbons (Fsp3) is 0.150. The third kappa shape index (κ3) is 4.54. The minimum atomic E-state index is -0.330. The van der Waals surface area contributed by atoms with E-state index in [0.717, 1.165) is 17.1 Å². The highest BCUT2D eigenvalue weighted by atomic mass is 35.5. The van der Waals surface area contributed by atoms with Crippen LogP contribution >= 0.6 is 11.6 Å². The van der Waals surface area contributed by atoms with Gasteiger partial charge in [0.15, 0.2) is 0 Å². The predicted molar refractivity (Wildman–Crippen MR) is 105 cm³/mol. The summed E-state index contributed by atoms with van der Waals surface area (Å²) in [5, 5.41) is 5.89. The molecule has 27 heavy (non-hydrogen) atoms. The van der Waals surface area contributed by atoms with E-state index in [1.807, 2.05) is 42.7 Å². The zero-order valence-corrected chi connectivity index (χ0v) is 15.7. The topological polar surface area (TPSA) is 76.0 Å². The number of carbonyl (C=O) groups is 2. The molecule has 2 amide bonds. The number of benzene rings is 2. The van der Waals surface area contributed by atoms with Crippen LogP contribution in [0.1, 0.15) is 21.7 Å². The van der Waals surface area contributed by atoms with Crippen molar-refractivity contribution in [2.45, 2.75) is 13.8 Å². The van der Waals surface area contributed by atoms with E-state index in [0.29, 0.717) is 16.3 Å². The number of halogens is 1. The van der Waals surface area contributed by atoms with Crippen molar-refractivity contribution in [2.75, 3.05) is 11.9 Å². The van der Waals surface area contributed by atoms with Gasteiger partial charge in [-0.05, 0) is 62.4 Å². The van der Waals surface area contributed by atoms with Crippen LogP contribution in [0.15, 0.2) is 54.9 Å². The number of anilines is 1. The van der Waals surface area contributed by atoms with Crippen molar-refractivity contribution in [1.29, 1.82) is 0 Å². The highest BCUT2D eigenvalue weighted by Gasteiger charge is 2.09. The van der Waals surface area contributed by atoms with Gasteiger partial charge in [0.2, 0.25) is 5.91 Å². The number of carbonyl (C=O) groups excluding carboxylic acids is 2. The Hall–Kier alpha value is -3.12. The molecule has 0 aliphatic carbocycles. The number of hydrogen-bond donors (Lipinski definition) is 2. The van der Waals surface area contributed by atoms with E-state index in [4.69, 9.17) is 11.6 Å². The Kier molecular flexibility index (Phi) is 5.57. The van der Waals surface area contributed by atoms with Gasteiger partial charge in [-0.15, -0.1) is 0 Å². The lowest BCUT2D eigenvalue weighted by molar-refractivity contribution is -0.115. The maximum atomic E-state index is 12.1. The third-order valence-electron chi connectivity index (χ3n) is 4.20. The second-order valence-corrected chi connectivity index (χ2v) is 6.51. The van der Waals surface area contributed by atoms with Crippen LogP contribution in [0.2, 0.25) is 5.02 Å². The molecule has 1 aromatic heterocycles. The molecular weight excluding hydrogens is 364 g/mol. The van der Waals surface area contributed by atoms with Gasteiger partial charge in [0.25, 0.3) is 5.91 Å². The standard InChI is InChI=1S/C20H19ClN4O2/c1-13-14(2)25(12-23-13)18-9-7-17(8-10-18)24-19(26)11-22-20(27)15-3-5-16(21)6-4-15/h3-10,12H,11H2,1-2H3,(H,22,27)(H,24,26). The maximum Gasteiger partial charge on any atom is 0.251 e. The van der Waals surface area contributed by atoms with Gasteiger partial charge >= 0.3 is 0 Å². The summed E-state index contributed by atoms with van der Waals surface area (Å²) >= 11 is 5.79. The van der Waals surface area contributed by atoms with Gasteiger partial charge in [-0.1, -0.05) is 11.6 Å². The van der Waals surface area contributed by atoms with E-state index >= 15 is 0 Å². The van der Waals surface area contributed by atoms with E-state index in [9.17, 15) is 9.59 Å². The minimum Gasteiger partial charge on any atom is -0.343 e. The van der Waals surface area contributed by atoms with Crippen molar-refractivity contribution in [2.24, 2.45) is 0 Å². The van der Waals surface area contributed by atoms with Crippen LogP contribution in [0.25, 0.3) is 5.69 Å². The lowest BCUT2D eigenvalue weighted by atomic mass is 10.2. The number of imidazole rings is 1. The maximum absolute atomic E-state index is 12.1. The first-order valence-corrected chi connectivity index (χ1v) is 8.76. The molecule has 7 heteroatoms. The van der Waals surface area contributed by atoms with E-state index in [1.165, 1.54) is 0 Å². The van der Waals surface area contributed by atoms with Crippen LogP contribution in [0.5, 0.6) is 0 Å². The summed E-state index contributed by atoms with van der Waals surface area (Å²) in [6, 6.07) is 13.9. The number of hydrogen-bond acceptors (Lipinski definition) is 3. The van der Waals surface area contributed by atoms with Crippen molar-refractivity contribution >= 4 is 29.1 Å². The Bertz CT molecular complexity index is 963. The predicted octanol–water partition coefficient (Wildman–Crippen LogP) is 3.51. The molecule has 6 nitrogen and oxygen atoms in total. The number of nitrogens with zero attached hydrogens (tertiary/aromatic N) is 2. The molecule has 0 aliphatic heterocycles. The minimum absolute atomic E-state index is 0.122. The number of aryl methyl sites for hydroxylation is 1. The first-order valence-electron chi connectivity index (χ1n) is 8.38. The zero-order valence-electron chi connectivity index (χ0n) is 15.0. The molecule has 0 atom stereocenters. The zero-order chi connectivity index (χ0) is 19.4. The average molecular weight is 383 g/mol. The molecular formula is C20H19ClN4O2. The van der Waals surface area contributed by atoms with E-state index in [2.05, 4.69) is 15.6 Å². The SMILES string of the molecule is Cc1ncn(-c2ccc(NC(=O)CNC(=O)c3ccc(Cl)cc3)cc2)c1C. The van der Waals surface area contributed by atoms with E-state index < -0.39 is 0 Å². The second kappa shape index (κ2) is 8.05. The normalized spacial score (nSPS) is 10.5. The van der Waals surface area contributed by atoms with E-state index in [-0.39, 0.29) is 18.4 Å². The van der Waals surface area contributed by atoms with Crippen molar-refractivity contribution in [3.8, 4) is 5.69 Å². The molecule has 2 N–H and O–H groups in total. The van der Waals surface area contributed by atoms with Crippen molar-refractivity contribution in [1.82, 2.24) is 14.9 Å². The van der Waals surface area contributed by atoms with Gasteiger partial charge in [-0.2, -0.15) is 0 Å². The molecule has 0 fully saturated rings. The Morgan fingerprint density at radius 2 is 1.70 bits per heavy atom. The molecule has 1 heterocycles. The largest absolute Gasteiger partial charge is 0.343 e. The van der Waals surface area contributed by atoms with Gasteiger partial charge in [0.1, 0.15) is 0 Å². The Morgan fingerprint density at radius 1 is 1.04 bits per heavy atom. The summed E-state index contributed by atoms with van der Waals surface area (Å²) in [4.78, 5) is 28.3. The highest BCUT2D eigenvalue weighted by molar-refractivity contribution is 6.30. The van der Waals surface area contributed by atoms with Crippen LogP contribution in [0.3, 0.4) is 0 Å². The molecule has 3 rings (SSSR count). The second-order valence-electron chi connectivity index (χ2n) is 6.07. The molecule has 0 bridgehead atoms. The fourth-order valence-corrected chi connectivity index (χ4v) is 2.66. The number of amides is 2. The van der Waals surface area contributed by atoms with Gasteiger partial charge in [-0.3, -0.25) is 9.59 Å². The van der Waals surface area contributed by atoms with Crippen molar-refractivity contribution < 1.29 is 9.59 Å². The van der Waals surface area contributed by atoms with Crippen molar-refractivity contribution in [3.05, 3.63) is 76.8 Å². The lowest BCUT2D eigenvalue weighted by Crippen LogP contribution is -2.32. The Labute approximate surface area is 162 Å². The molecule has 2 aromatic carbocycles. The fourth-order valence-electron chi connectivity index (χ4n) is 2.53. The Balaban J connectivity index is 1.55.